The van der Waals surface area contributed by atoms with E-state index in [-0.39, 0.29) is 11.1 Å². The quantitative estimate of drug-likeness (QED) is 0.876. The summed E-state index contributed by atoms with van der Waals surface area (Å²) in [5.41, 5.74) is 3.43. The van der Waals surface area contributed by atoms with E-state index in [4.69, 9.17) is 0 Å². The number of nitrogens with one attached hydrogen (secondary N) is 1. The molecule has 1 fully saturated rings. The van der Waals surface area contributed by atoms with Crippen LogP contribution in [0.5, 0.6) is 0 Å². The molecule has 2 nitrogen and oxygen atoms in total. The zero-order valence-corrected chi connectivity index (χ0v) is 14.5. The van der Waals surface area contributed by atoms with Gasteiger partial charge >= 0.3 is 0 Å². The van der Waals surface area contributed by atoms with E-state index < -0.39 is 0 Å². The zero-order valence-electron chi connectivity index (χ0n) is 14.5. The van der Waals surface area contributed by atoms with Crippen LogP contribution in [-0.2, 0) is 6.54 Å². The van der Waals surface area contributed by atoms with E-state index in [1.54, 1.807) is 0 Å². The molecule has 21 heavy (non-hydrogen) atoms. The monoisotopic (exact) mass is 288 g/mol. The van der Waals surface area contributed by atoms with Gasteiger partial charge in [-0.2, -0.15) is 0 Å². The van der Waals surface area contributed by atoms with Gasteiger partial charge in [-0.15, -0.1) is 0 Å². The van der Waals surface area contributed by atoms with Gasteiger partial charge in [-0.1, -0.05) is 45.0 Å². The first kappa shape index (κ1) is 16.5. The highest BCUT2D eigenvalue weighted by molar-refractivity contribution is 5.26. The third-order valence-corrected chi connectivity index (χ3v) is 5.84. The average Bonchev–Trinajstić information content (AvgIpc) is 2.52. The topological polar surface area (TPSA) is 15.3 Å². The highest BCUT2D eigenvalue weighted by Crippen LogP contribution is 2.32. The van der Waals surface area contributed by atoms with Gasteiger partial charge in [0.1, 0.15) is 0 Å². The first-order chi connectivity index (χ1) is 9.98. The summed E-state index contributed by atoms with van der Waals surface area (Å²) in [5, 5.41) is 3.86. The predicted octanol–water partition coefficient (Wildman–Crippen LogP) is 4.13. The molecule has 0 spiro atoms. The van der Waals surface area contributed by atoms with Gasteiger partial charge in [0.25, 0.3) is 0 Å². The highest BCUT2D eigenvalue weighted by Gasteiger charge is 2.42. The van der Waals surface area contributed by atoms with Crippen LogP contribution < -0.4 is 5.32 Å². The van der Waals surface area contributed by atoms with Crippen LogP contribution >= 0.6 is 0 Å². The van der Waals surface area contributed by atoms with Crippen LogP contribution in [0, 0.1) is 6.92 Å². The Bertz CT molecular complexity index is 464. The summed E-state index contributed by atoms with van der Waals surface area (Å²) >= 11 is 0. The lowest BCUT2D eigenvalue weighted by molar-refractivity contribution is 0.00264. The Morgan fingerprint density at radius 2 is 1.76 bits per heavy atom. The van der Waals surface area contributed by atoms with Gasteiger partial charge in [0.15, 0.2) is 0 Å². The fourth-order valence-corrected chi connectivity index (χ4v) is 3.41. The Morgan fingerprint density at radius 1 is 1.10 bits per heavy atom. The minimum absolute atomic E-state index is 0.260. The number of hydrogen-bond acceptors (Lipinski definition) is 2. The number of benzene rings is 1. The molecule has 0 radical (unpaired) electrons. The van der Waals surface area contributed by atoms with E-state index in [2.05, 4.69) is 69.1 Å². The Labute approximate surface area is 130 Å². The van der Waals surface area contributed by atoms with E-state index in [0.29, 0.717) is 0 Å². The van der Waals surface area contributed by atoms with Crippen LogP contribution in [0.2, 0.25) is 0 Å². The van der Waals surface area contributed by atoms with Gasteiger partial charge in [-0.05, 0) is 44.2 Å². The molecule has 2 heteroatoms. The lowest BCUT2D eigenvalue weighted by atomic mass is 9.82. The molecule has 0 amide bonds. The van der Waals surface area contributed by atoms with Crippen molar-refractivity contribution in [2.45, 2.75) is 71.5 Å². The van der Waals surface area contributed by atoms with Crippen molar-refractivity contribution in [3.8, 4) is 0 Å². The van der Waals surface area contributed by atoms with Crippen molar-refractivity contribution in [2.75, 3.05) is 13.1 Å². The second kappa shape index (κ2) is 6.50. The smallest absolute Gasteiger partial charge is 0.0307 e. The standard InChI is InChI=1S/C19H32N2/c1-6-18(5)14-20-19(7-2,8-3)15-21(18)13-17-12-10-9-11-16(17)4/h9-12,20H,6-8,13-15H2,1-5H3. The SMILES string of the molecule is CCC1(CC)CN(Cc2ccccc2C)C(C)(CC)CN1. The molecule has 2 rings (SSSR count). The molecule has 118 valence electrons. The van der Waals surface area contributed by atoms with Gasteiger partial charge in [-0.25, -0.2) is 0 Å². The Balaban J connectivity index is 2.25. The van der Waals surface area contributed by atoms with Gasteiger partial charge in [-0.3, -0.25) is 4.90 Å². The first-order valence-electron chi connectivity index (χ1n) is 8.53. The van der Waals surface area contributed by atoms with Crippen molar-refractivity contribution in [1.82, 2.24) is 10.2 Å². The summed E-state index contributed by atoms with van der Waals surface area (Å²) in [6.07, 6.45) is 3.59. The van der Waals surface area contributed by atoms with Crippen molar-refractivity contribution < 1.29 is 0 Å². The van der Waals surface area contributed by atoms with Crippen LogP contribution in [0.15, 0.2) is 24.3 Å². The number of aryl methyl sites for hydroxylation is 1. The summed E-state index contributed by atoms with van der Waals surface area (Å²) in [4.78, 5) is 2.72. The van der Waals surface area contributed by atoms with Crippen LogP contribution in [-0.4, -0.2) is 29.1 Å². The molecule has 0 bridgehead atoms. The molecule has 1 saturated heterocycles. The van der Waals surface area contributed by atoms with Crippen molar-refractivity contribution in [3.63, 3.8) is 0 Å². The molecule has 1 aromatic rings. The summed E-state index contributed by atoms with van der Waals surface area (Å²) in [5.74, 6) is 0. The first-order valence-corrected chi connectivity index (χ1v) is 8.53. The van der Waals surface area contributed by atoms with Crippen LogP contribution in [0.25, 0.3) is 0 Å². The van der Waals surface area contributed by atoms with Gasteiger partial charge in [0, 0.05) is 30.7 Å². The van der Waals surface area contributed by atoms with E-state index >= 15 is 0 Å². The molecule has 1 N–H and O–H groups in total. The van der Waals surface area contributed by atoms with E-state index in [1.807, 2.05) is 0 Å². The Kier molecular flexibility index (Phi) is 5.11. The molecular weight excluding hydrogens is 256 g/mol. The Morgan fingerprint density at radius 3 is 2.33 bits per heavy atom. The summed E-state index contributed by atoms with van der Waals surface area (Å²) in [6, 6.07) is 8.82. The maximum atomic E-state index is 3.86. The number of nitrogens with zero attached hydrogens (tertiary/aromatic N) is 1. The number of rotatable bonds is 5. The number of hydrogen-bond donors (Lipinski definition) is 1. The molecule has 0 aromatic heterocycles. The Hall–Kier alpha value is -0.860. The normalized spacial score (nSPS) is 26.0. The second-order valence-corrected chi connectivity index (χ2v) is 6.97. The molecular formula is C19H32N2. The molecule has 1 aromatic carbocycles. The van der Waals surface area contributed by atoms with Crippen LogP contribution in [0.3, 0.4) is 0 Å². The molecule has 1 aliphatic heterocycles. The summed E-state index contributed by atoms with van der Waals surface area (Å²) in [6.45, 7) is 14.9. The molecule has 1 heterocycles. The van der Waals surface area contributed by atoms with Crippen molar-refractivity contribution in [3.05, 3.63) is 35.4 Å². The summed E-state index contributed by atoms with van der Waals surface area (Å²) < 4.78 is 0. The minimum atomic E-state index is 0.260. The highest BCUT2D eigenvalue weighted by atomic mass is 15.3. The van der Waals surface area contributed by atoms with Crippen molar-refractivity contribution >= 4 is 0 Å². The summed E-state index contributed by atoms with van der Waals surface area (Å²) in [7, 11) is 0. The van der Waals surface area contributed by atoms with Gasteiger partial charge in [0.05, 0.1) is 0 Å². The van der Waals surface area contributed by atoms with Gasteiger partial charge in [0.2, 0.25) is 0 Å². The third kappa shape index (κ3) is 3.32. The largest absolute Gasteiger partial charge is 0.308 e. The fraction of sp³-hybridized carbons (Fsp3) is 0.684. The molecule has 0 saturated carbocycles. The lowest BCUT2D eigenvalue weighted by Crippen LogP contribution is -2.68. The fourth-order valence-electron chi connectivity index (χ4n) is 3.41. The predicted molar refractivity (Wildman–Crippen MR) is 91.6 cm³/mol. The molecule has 1 atom stereocenters. The lowest BCUT2D eigenvalue weighted by Gasteiger charge is -2.53. The third-order valence-electron chi connectivity index (χ3n) is 5.84. The van der Waals surface area contributed by atoms with E-state index in [1.165, 1.54) is 30.4 Å². The maximum absolute atomic E-state index is 3.86. The average molecular weight is 288 g/mol. The van der Waals surface area contributed by atoms with Crippen molar-refractivity contribution in [2.24, 2.45) is 0 Å². The second-order valence-electron chi connectivity index (χ2n) is 6.97. The molecule has 1 aliphatic rings. The zero-order chi connectivity index (χ0) is 15.5. The van der Waals surface area contributed by atoms with Gasteiger partial charge < -0.3 is 5.32 Å². The van der Waals surface area contributed by atoms with Crippen LogP contribution in [0.1, 0.15) is 58.1 Å². The molecule has 0 aliphatic carbocycles. The van der Waals surface area contributed by atoms with Crippen LogP contribution in [0.4, 0.5) is 0 Å². The number of piperazine rings is 1. The van der Waals surface area contributed by atoms with E-state index in [9.17, 15) is 0 Å². The maximum Gasteiger partial charge on any atom is 0.0307 e. The molecule has 1 unspecified atom stereocenters. The minimum Gasteiger partial charge on any atom is -0.308 e. The van der Waals surface area contributed by atoms with Crippen molar-refractivity contribution in [1.29, 1.82) is 0 Å². The van der Waals surface area contributed by atoms with E-state index in [0.717, 1.165) is 19.6 Å².